The zero-order valence-electron chi connectivity index (χ0n) is 20.9. The molecule has 9 nitrogen and oxygen atoms in total. The van der Waals surface area contributed by atoms with Gasteiger partial charge in [-0.3, -0.25) is 14.0 Å². The van der Waals surface area contributed by atoms with E-state index in [2.05, 4.69) is 15.0 Å². The van der Waals surface area contributed by atoms with Crippen molar-refractivity contribution in [1.82, 2.24) is 24.3 Å². The smallest absolute Gasteiger partial charge is 0.427 e. The number of aromatic nitrogens is 4. The van der Waals surface area contributed by atoms with Crippen LogP contribution in [0, 0.1) is 26.6 Å². The summed E-state index contributed by atoms with van der Waals surface area (Å²) in [5.41, 5.74) is 0.811. The highest BCUT2D eigenvalue weighted by Crippen LogP contribution is 2.31. The number of halogens is 5. The zero-order valence-corrected chi connectivity index (χ0v) is 21.7. The minimum absolute atomic E-state index is 0.101. The molecule has 1 amide bonds. The molecule has 39 heavy (non-hydrogen) atoms. The first kappa shape index (κ1) is 26.6. The van der Waals surface area contributed by atoms with Gasteiger partial charge in [0.2, 0.25) is 5.76 Å². The molecule has 0 aliphatic carbocycles. The van der Waals surface area contributed by atoms with Gasteiger partial charge < -0.3 is 14.2 Å². The Kier molecular flexibility index (Phi) is 6.57. The number of hydrogen-bond donors (Lipinski definition) is 0. The summed E-state index contributed by atoms with van der Waals surface area (Å²) < 4.78 is 59.9. The molecule has 1 aromatic carbocycles. The van der Waals surface area contributed by atoms with Gasteiger partial charge in [0.05, 0.1) is 11.9 Å². The fourth-order valence-corrected chi connectivity index (χ4v) is 4.50. The summed E-state index contributed by atoms with van der Waals surface area (Å²) in [5, 5.41) is 0.194. The second-order valence-corrected chi connectivity index (χ2v) is 9.54. The summed E-state index contributed by atoms with van der Waals surface area (Å²) in [5.74, 6) is -2.96. The van der Waals surface area contributed by atoms with Gasteiger partial charge in [-0.1, -0.05) is 11.6 Å². The number of piperazine rings is 1. The molecule has 1 aliphatic heterocycles. The quantitative estimate of drug-likeness (QED) is 0.339. The summed E-state index contributed by atoms with van der Waals surface area (Å²) in [6, 6.07) is 4.10. The van der Waals surface area contributed by atoms with Crippen molar-refractivity contribution in [1.29, 1.82) is 0 Å². The van der Waals surface area contributed by atoms with E-state index < -0.39 is 29.6 Å². The van der Waals surface area contributed by atoms with Gasteiger partial charge >= 0.3 is 12.1 Å². The molecular formula is C25H21ClF4N6O3. The molecular weight excluding hydrogens is 544 g/mol. The molecule has 204 valence electrons. The fourth-order valence-electron chi connectivity index (χ4n) is 4.34. The van der Waals surface area contributed by atoms with Gasteiger partial charge in [0.25, 0.3) is 11.5 Å². The lowest BCUT2D eigenvalue weighted by atomic mass is 10.1. The number of nitrogens with zero attached hydrogens (tertiary/aromatic N) is 6. The van der Waals surface area contributed by atoms with Crippen molar-refractivity contribution in [3.05, 3.63) is 74.2 Å². The van der Waals surface area contributed by atoms with Gasteiger partial charge in [0.15, 0.2) is 5.65 Å². The van der Waals surface area contributed by atoms with Gasteiger partial charge in [-0.2, -0.15) is 13.2 Å². The Morgan fingerprint density at radius 1 is 1.03 bits per heavy atom. The largest absolute Gasteiger partial charge is 0.468 e. The molecule has 0 bridgehead atoms. The normalized spacial score (nSPS) is 14.4. The molecule has 1 fully saturated rings. The van der Waals surface area contributed by atoms with Crippen LogP contribution in [0.4, 0.5) is 23.4 Å². The van der Waals surface area contributed by atoms with Gasteiger partial charge in [-0.25, -0.2) is 19.3 Å². The molecule has 1 saturated heterocycles. The number of amides is 1. The number of rotatable bonds is 3. The number of aryl methyl sites for hydroxylation is 2. The highest BCUT2D eigenvalue weighted by molar-refractivity contribution is 6.30. The van der Waals surface area contributed by atoms with Crippen LogP contribution >= 0.6 is 11.6 Å². The predicted molar refractivity (Wildman–Crippen MR) is 133 cm³/mol. The Morgan fingerprint density at radius 2 is 1.72 bits per heavy atom. The molecule has 0 N–H and O–H groups in total. The average Bonchev–Trinajstić information content (AvgIpc) is 3.29. The van der Waals surface area contributed by atoms with Crippen molar-refractivity contribution in [3.8, 4) is 11.3 Å². The van der Waals surface area contributed by atoms with E-state index in [1.54, 1.807) is 18.7 Å². The maximum atomic E-state index is 14.9. The molecule has 5 rings (SSSR count). The van der Waals surface area contributed by atoms with Gasteiger partial charge in [0, 0.05) is 48.0 Å². The van der Waals surface area contributed by atoms with Crippen LogP contribution in [-0.4, -0.2) is 56.3 Å². The Morgan fingerprint density at radius 3 is 2.33 bits per heavy atom. The van der Waals surface area contributed by atoms with Crippen LogP contribution in [0.15, 0.2) is 33.6 Å². The maximum absolute atomic E-state index is 14.9. The number of carbonyl (C=O) groups excluding carboxylic acids is 1. The van der Waals surface area contributed by atoms with E-state index in [9.17, 15) is 27.2 Å². The highest BCUT2D eigenvalue weighted by atomic mass is 35.5. The molecule has 3 aromatic heterocycles. The lowest BCUT2D eigenvalue weighted by molar-refractivity contribution is -0.157. The topological polar surface area (TPSA) is 96.8 Å². The van der Waals surface area contributed by atoms with Crippen LogP contribution in [0.2, 0.25) is 5.02 Å². The number of oxazole rings is 1. The second-order valence-electron chi connectivity index (χ2n) is 9.10. The fraction of sp³-hybridized carbons (Fsp3) is 0.320. The minimum Gasteiger partial charge on any atom is -0.427 e. The van der Waals surface area contributed by atoms with Crippen LogP contribution in [-0.2, 0) is 6.18 Å². The van der Waals surface area contributed by atoms with E-state index in [1.807, 2.05) is 0 Å². The van der Waals surface area contributed by atoms with E-state index in [1.165, 1.54) is 34.6 Å². The summed E-state index contributed by atoms with van der Waals surface area (Å²) in [6.45, 7) is 5.32. The zero-order chi connectivity index (χ0) is 28.2. The van der Waals surface area contributed by atoms with E-state index in [0.717, 1.165) is 6.07 Å². The Bertz CT molecular complexity index is 1680. The summed E-state index contributed by atoms with van der Waals surface area (Å²) >= 11 is 5.93. The van der Waals surface area contributed by atoms with Crippen molar-refractivity contribution in [2.75, 3.05) is 31.1 Å². The first-order chi connectivity index (χ1) is 18.3. The maximum Gasteiger partial charge on any atom is 0.468 e. The first-order valence-corrected chi connectivity index (χ1v) is 12.2. The van der Waals surface area contributed by atoms with Crippen molar-refractivity contribution in [2.24, 2.45) is 0 Å². The van der Waals surface area contributed by atoms with E-state index in [0.29, 0.717) is 17.1 Å². The highest BCUT2D eigenvalue weighted by Gasteiger charge is 2.39. The lowest BCUT2D eigenvalue weighted by Gasteiger charge is -2.35. The van der Waals surface area contributed by atoms with Crippen LogP contribution in [0.1, 0.15) is 33.4 Å². The molecule has 4 aromatic rings. The third-order valence-electron chi connectivity index (χ3n) is 6.58. The number of hydrogen-bond acceptors (Lipinski definition) is 7. The third-order valence-corrected chi connectivity index (χ3v) is 6.81. The van der Waals surface area contributed by atoms with Crippen LogP contribution in [0.25, 0.3) is 16.9 Å². The second kappa shape index (κ2) is 9.63. The number of benzene rings is 1. The standard InChI is InChI=1S/C25H21ClF4N6O3/c1-12-13(2)31-21-19(16-5-4-15(26)10-17(16)27)33-18(11-36(21)22(12)37)34-6-8-35(9-7-34)23(38)20-14(3)32-24(39-20)25(28,29)30/h4-5,10-11H,6-9H2,1-3H3. The summed E-state index contributed by atoms with van der Waals surface area (Å²) in [6.07, 6.45) is -3.31. The monoisotopic (exact) mass is 564 g/mol. The molecule has 0 spiro atoms. The van der Waals surface area contributed by atoms with Crippen LogP contribution < -0.4 is 10.5 Å². The predicted octanol–water partition coefficient (Wildman–Crippen LogP) is 4.44. The molecule has 0 saturated carbocycles. The van der Waals surface area contributed by atoms with Crippen molar-refractivity contribution < 1.29 is 26.8 Å². The van der Waals surface area contributed by atoms with E-state index in [4.69, 9.17) is 16.0 Å². The Labute approximate surface area is 223 Å². The number of fused-ring (bicyclic) bond motifs is 1. The lowest BCUT2D eigenvalue weighted by Crippen LogP contribution is -2.49. The Balaban J connectivity index is 1.48. The van der Waals surface area contributed by atoms with Crippen LogP contribution in [0.5, 0.6) is 0 Å². The average molecular weight is 565 g/mol. The SMILES string of the molecule is Cc1nc(C(F)(F)F)oc1C(=O)N1CCN(c2cn3c(=O)c(C)c(C)nc3c(-c3ccc(Cl)cc3F)n2)CC1. The van der Waals surface area contributed by atoms with E-state index >= 15 is 0 Å². The molecule has 14 heteroatoms. The summed E-state index contributed by atoms with van der Waals surface area (Å²) in [4.78, 5) is 41.6. The molecule has 0 atom stereocenters. The van der Waals surface area contributed by atoms with E-state index in [-0.39, 0.29) is 59.4 Å². The summed E-state index contributed by atoms with van der Waals surface area (Å²) in [7, 11) is 0. The minimum atomic E-state index is -4.81. The molecule has 1 aliphatic rings. The molecule has 0 radical (unpaired) electrons. The number of anilines is 1. The number of alkyl halides is 3. The number of carbonyl (C=O) groups is 1. The first-order valence-electron chi connectivity index (χ1n) is 11.8. The molecule has 0 unspecified atom stereocenters. The third kappa shape index (κ3) is 4.82. The molecule has 4 heterocycles. The van der Waals surface area contributed by atoms with Crippen molar-refractivity contribution in [3.63, 3.8) is 0 Å². The Hall–Kier alpha value is -4.00. The van der Waals surface area contributed by atoms with Gasteiger partial charge in [-0.15, -0.1) is 0 Å². The van der Waals surface area contributed by atoms with Crippen molar-refractivity contribution >= 4 is 29.0 Å². The van der Waals surface area contributed by atoms with Crippen molar-refractivity contribution in [2.45, 2.75) is 26.9 Å². The van der Waals surface area contributed by atoms with Gasteiger partial charge in [0.1, 0.15) is 17.3 Å². The van der Waals surface area contributed by atoms with Gasteiger partial charge in [-0.05, 0) is 39.0 Å². The van der Waals surface area contributed by atoms with Crippen LogP contribution in [0.3, 0.4) is 0 Å².